The van der Waals surface area contributed by atoms with E-state index in [4.69, 9.17) is 5.73 Å². The van der Waals surface area contributed by atoms with Gasteiger partial charge < -0.3 is 11.1 Å². The van der Waals surface area contributed by atoms with E-state index in [0.29, 0.717) is 18.0 Å². The number of rotatable bonds is 0. The van der Waals surface area contributed by atoms with Crippen LogP contribution in [0.4, 0.5) is 10.5 Å². The summed E-state index contributed by atoms with van der Waals surface area (Å²) in [5.41, 5.74) is 8.21. The molecule has 5 heteroatoms. The van der Waals surface area contributed by atoms with Crippen molar-refractivity contribution in [3.05, 3.63) is 29.3 Å². The van der Waals surface area contributed by atoms with Crippen molar-refractivity contribution >= 4 is 17.6 Å². The number of carbonyl (C=O) groups is 2. The molecule has 1 aromatic carbocycles. The lowest BCUT2D eigenvalue weighted by molar-refractivity contribution is -0.124. The fraction of sp³-hybridized carbons (Fsp3) is 0.385. The minimum atomic E-state index is -0.734. The highest BCUT2D eigenvalue weighted by molar-refractivity contribution is 6.08. The highest BCUT2D eigenvalue weighted by Crippen LogP contribution is 2.59. The Balaban J connectivity index is 1.86. The molecular weight excluding hydrogens is 230 g/mol. The fourth-order valence-corrected chi connectivity index (χ4v) is 3.89. The van der Waals surface area contributed by atoms with Crippen LogP contribution in [-0.2, 0) is 4.79 Å². The molecule has 1 spiro atoms. The molecule has 1 aromatic rings. The lowest BCUT2D eigenvalue weighted by Crippen LogP contribution is -2.50. The predicted octanol–water partition coefficient (Wildman–Crippen LogP) is 0.822. The van der Waals surface area contributed by atoms with Crippen LogP contribution in [-0.4, -0.2) is 17.5 Å². The van der Waals surface area contributed by atoms with Gasteiger partial charge in [-0.2, -0.15) is 0 Å². The van der Waals surface area contributed by atoms with Crippen molar-refractivity contribution in [1.29, 1.82) is 0 Å². The highest BCUT2D eigenvalue weighted by atomic mass is 16.2. The molecule has 3 unspecified atom stereocenters. The maximum Gasteiger partial charge on any atom is 0.322 e. The summed E-state index contributed by atoms with van der Waals surface area (Å²) in [4.78, 5) is 23.5. The maximum absolute atomic E-state index is 12.1. The number of benzene rings is 1. The minimum absolute atomic E-state index is 0.0625. The van der Waals surface area contributed by atoms with E-state index in [1.807, 2.05) is 12.1 Å². The van der Waals surface area contributed by atoms with E-state index < -0.39 is 5.54 Å². The van der Waals surface area contributed by atoms with Crippen molar-refractivity contribution in [2.24, 2.45) is 0 Å². The van der Waals surface area contributed by atoms with Crippen LogP contribution in [0.3, 0.4) is 0 Å². The topological polar surface area (TPSA) is 84.2 Å². The molecule has 1 aliphatic heterocycles. The third-order valence-electron chi connectivity index (χ3n) is 4.58. The Morgan fingerprint density at radius 2 is 2.11 bits per heavy atom. The van der Waals surface area contributed by atoms with Crippen molar-refractivity contribution < 1.29 is 9.59 Å². The third kappa shape index (κ3) is 0.978. The Labute approximate surface area is 104 Å². The van der Waals surface area contributed by atoms with Gasteiger partial charge in [0.15, 0.2) is 0 Å². The zero-order valence-electron chi connectivity index (χ0n) is 9.69. The maximum atomic E-state index is 12.1. The number of nitrogens with one attached hydrogen (secondary N) is 2. The van der Waals surface area contributed by atoms with Crippen LogP contribution >= 0.6 is 0 Å². The molecule has 2 aliphatic carbocycles. The van der Waals surface area contributed by atoms with Crippen molar-refractivity contribution in [3.8, 4) is 0 Å². The molecule has 0 radical (unpaired) electrons. The quantitative estimate of drug-likeness (QED) is 0.466. The summed E-state index contributed by atoms with van der Waals surface area (Å²) in [5.74, 6) is 0.232. The SMILES string of the molecule is Nc1ccc2c(c1)C1CC2CC12NC(=O)NC2=O. The normalized spacial score (nSPS) is 35.8. The first-order valence-corrected chi connectivity index (χ1v) is 6.13. The number of nitrogen functional groups attached to an aromatic ring is 1. The number of anilines is 1. The molecular formula is C13H13N3O2. The lowest BCUT2D eigenvalue weighted by Gasteiger charge is -2.32. The minimum Gasteiger partial charge on any atom is -0.399 e. The van der Waals surface area contributed by atoms with Gasteiger partial charge in [0.2, 0.25) is 0 Å². The number of nitrogens with two attached hydrogens (primary N) is 1. The second kappa shape index (κ2) is 2.85. The number of hydrogen-bond donors (Lipinski definition) is 3. The first-order valence-electron chi connectivity index (χ1n) is 6.13. The second-order valence-corrected chi connectivity index (χ2v) is 5.46. The van der Waals surface area contributed by atoms with Crippen LogP contribution < -0.4 is 16.4 Å². The largest absolute Gasteiger partial charge is 0.399 e. The molecule has 3 aliphatic rings. The second-order valence-electron chi connectivity index (χ2n) is 5.46. The Hall–Kier alpha value is -2.04. The van der Waals surface area contributed by atoms with E-state index >= 15 is 0 Å². The molecule has 1 saturated carbocycles. The van der Waals surface area contributed by atoms with Gasteiger partial charge in [-0.25, -0.2) is 4.79 Å². The molecule has 1 saturated heterocycles. The van der Waals surface area contributed by atoms with Gasteiger partial charge in [-0.15, -0.1) is 0 Å². The van der Waals surface area contributed by atoms with Crippen molar-refractivity contribution in [3.63, 3.8) is 0 Å². The number of carbonyl (C=O) groups excluding carboxylic acids is 2. The summed E-state index contributed by atoms with van der Waals surface area (Å²) in [5, 5.41) is 5.19. The first-order chi connectivity index (χ1) is 8.60. The number of urea groups is 1. The zero-order valence-corrected chi connectivity index (χ0v) is 9.69. The molecule has 0 aromatic heterocycles. The summed E-state index contributed by atoms with van der Waals surface area (Å²) in [7, 11) is 0. The van der Waals surface area contributed by atoms with Crippen molar-refractivity contribution in [2.75, 3.05) is 5.73 Å². The number of imide groups is 1. The Morgan fingerprint density at radius 3 is 2.83 bits per heavy atom. The summed E-state index contributed by atoms with van der Waals surface area (Å²) in [6, 6.07) is 5.52. The van der Waals surface area contributed by atoms with E-state index in [0.717, 1.165) is 12.0 Å². The monoisotopic (exact) mass is 243 g/mol. The van der Waals surface area contributed by atoms with Gasteiger partial charge in [-0.3, -0.25) is 10.1 Å². The molecule has 18 heavy (non-hydrogen) atoms. The average Bonchev–Trinajstić information content (AvgIpc) is 2.92. The lowest BCUT2D eigenvalue weighted by atomic mass is 9.77. The Kier molecular flexibility index (Phi) is 1.58. The number of hydrogen-bond acceptors (Lipinski definition) is 3. The van der Waals surface area contributed by atoms with Crippen LogP contribution in [0.5, 0.6) is 0 Å². The highest BCUT2D eigenvalue weighted by Gasteiger charge is 2.61. The molecule has 3 atom stereocenters. The van der Waals surface area contributed by atoms with Gasteiger partial charge in [-0.05, 0) is 42.0 Å². The molecule has 2 bridgehead atoms. The van der Waals surface area contributed by atoms with Gasteiger partial charge in [0.1, 0.15) is 5.54 Å². The Bertz CT molecular complexity index is 598. The summed E-state index contributed by atoms with van der Waals surface area (Å²) >= 11 is 0. The van der Waals surface area contributed by atoms with Crippen LogP contribution in [0.2, 0.25) is 0 Å². The van der Waals surface area contributed by atoms with Crippen LogP contribution in [0.1, 0.15) is 35.8 Å². The average molecular weight is 243 g/mol. The van der Waals surface area contributed by atoms with E-state index in [2.05, 4.69) is 16.7 Å². The summed E-state index contributed by atoms with van der Waals surface area (Å²) in [6.45, 7) is 0. The van der Waals surface area contributed by atoms with Gasteiger partial charge >= 0.3 is 6.03 Å². The third-order valence-corrected chi connectivity index (χ3v) is 4.58. The van der Waals surface area contributed by atoms with Gasteiger partial charge in [0.05, 0.1) is 0 Å². The van der Waals surface area contributed by atoms with Gasteiger partial charge in [0, 0.05) is 11.6 Å². The van der Waals surface area contributed by atoms with Crippen molar-refractivity contribution in [1.82, 2.24) is 10.6 Å². The van der Waals surface area contributed by atoms with Gasteiger partial charge in [0.25, 0.3) is 5.91 Å². The fourth-order valence-electron chi connectivity index (χ4n) is 3.89. The molecule has 4 N–H and O–H groups in total. The van der Waals surface area contributed by atoms with Crippen LogP contribution in [0.25, 0.3) is 0 Å². The van der Waals surface area contributed by atoms with Crippen molar-refractivity contribution in [2.45, 2.75) is 30.2 Å². The molecule has 1 heterocycles. The molecule has 4 rings (SSSR count). The number of fused-ring (bicyclic) bond motifs is 6. The standard InChI is InChI=1S/C13H13N3O2/c14-7-1-2-8-6-3-10(9(8)4-7)13(5-6)11(17)15-12(18)16-13/h1-2,4,6,10H,3,5,14H2,(H2,15,16,17,18). The van der Waals surface area contributed by atoms with E-state index in [1.165, 1.54) is 5.56 Å². The van der Waals surface area contributed by atoms with Crippen LogP contribution in [0, 0.1) is 0 Å². The molecule has 5 nitrogen and oxygen atoms in total. The van der Waals surface area contributed by atoms with Crippen LogP contribution in [0.15, 0.2) is 18.2 Å². The van der Waals surface area contributed by atoms with E-state index in [9.17, 15) is 9.59 Å². The smallest absolute Gasteiger partial charge is 0.322 e. The Morgan fingerprint density at radius 1 is 1.28 bits per heavy atom. The molecule has 3 amide bonds. The molecule has 2 fully saturated rings. The van der Waals surface area contributed by atoms with Gasteiger partial charge in [-0.1, -0.05) is 6.07 Å². The first kappa shape index (κ1) is 9.94. The zero-order chi connectivity index (χ0) is 12.5. The predicted molar refractivity (Wildman–Crippen MR) is 65.0 cm³/mol. The summed E-state index contributed by atoms with van der Waals surface area (Å²) < 4.78 is 0. The van der Waals surface area contributed by atoms with E-state index in [-0.39, 0.29) is 17.9 Å². The van der Waals surface area contributed by atoms with E-state index in [1.54, 1.807) is 0 Å². The molecule has 92 valence electrons. The number of amides is 3. The summed E-state index contributed by atoms with van der Waals surface area (Å²) in [6.07, 6.45) is 1.62.